The molecule has 1 N–H and O–H groups in total. The summed E-state index contributed by atoms with van der Waals surface area (Å²) in [6.45, 7) is 6.98. The number of ether oxygens (including phenoxy) is 2. The summed E-state index contributed by atoms with van der Waals surface area (Å²) in [4.78, 5) is 26.3. The van der Waals surface area contributed by atoms with Gasteiger partial charge in [0, 0.05) is 18.5 Å². The molecule has 3 rings (SSSR count). The lowest BCUT2D eigenvalue weighted by Gasteiger charge is -2.29. The third-order valence-corrected chi connectivity index (χ3v) is 5.59. The van der Waals surface area contributed by atoms with Crippen LogP contribution < -0.4 is 4.74 Å². The summed E-state index contributed by atoms with van der Waals surface area (Å²) in [7, 11) is 0. The van der Waals surface area contributed by atoms with Gasteiger partial charge in [0.1, 0.15) is 11.4 Å². The number of hydrogen-bond acceptors (Lipinski definition) is 5. The Morgan fingerprint density at radius 2 is 1.69 bits per heavy atom. The van der Waals surface area contributed by atoms with Crippen LogP contribution in [0, 0.1) is 0 Å². The number of rotatable bonds is 8. The van der Waals surface area contributed by atoms with Gasteiger partial charge < -0.3 is 19.5 Å². The van der Waals surface area contributed by atoms with E-state index < -0.39 is 23.8 Å². The molecule has 0 spiro atoms. The summed E-state index contributed by atoms with van der Waals surface area (Å²) in [5.41, 5.74) is 2.57. The van der Waals surface area contributed by atoms with Crippen LogP contribution in [0.15, 0.2) is 72.8 Å². The molecule has 0 heterocycles. The average molecular weight is 510 g/mol. The van der Waals surface area contributed by atoms with Crippen LogP contribution in [0.2, 0.25) is 5.02 Å². The fourth-order valence-corrected chi connectivity index (χ4v) is 3.89. The molecule has 0 unspecified atom stereocenters. The van der Waals surface area contributed by atoms with Gasteiger partial charge in [-0.3, -0.25) is 4.79 Å². The second-order valence-electron chi connectivity index (χ2n) is 9.53. The van der Waals surface area contributed by atoms with Gasteiger partial charge >= 0.3 is 12.1 Å². The molecule has 190 valence electrons. The van der Waals surface area contributed by atoms with Gasteiger partial charge in [-0.2, -0.15) is 0 Å². The van der Waals surface area contributed by atoms with E-state index in [0.29, 0.717) is 22.8 Å². The molecule has 0 saturated carbocycles. The highest BCUT2D eigenvalue weighted by atomic mass is 35.5. The number of esters is 1. The summed E-state index contributed by atoms with van der Waals surface area (Å²) in [6, 6.07) is 22.3. The Labute approximate surface area is 217 Å². The highest BCUT2D eigenvalue weighted by Gasteiger charge is 2.25. The first-order valence-electron chi connectivity index (χ1n) is 11.8. The van der Waals surface area contributed by atoms with Crippen LogP contribution in [0.3, 0.4) is 0 Å². The molecule has 3 aromatic carbocycles. The SMILES string of the molecule is CC(=O)Oc1cc(-c2ccccc2)ccc1CCN(C[C@H](O)c1cccc(Cl)c1)C(=O)OC(C)(C)C. The monoisotopic (exact) mass is 509 g/mol. The molecule has 0 aromatic heterocycles. The maximum absolute atomic E-state index is 13.0. The van der Waals surface area contributed by atoms with E-state index in [1.54, 1.807) is 45.0 Å². The third kappa shape index (κ3) is 8.11. The molecule has 1 amide bonds. The van der Waals surface area contributed by atoms with E-state index in [1.807, 2.05) is 48.5 Å². The summed E-state index contributed by atoms with van der Waals surface area (Å²) in [6.07, 6.45) is -1.11. The first kappa shape index (κ1) is 27.2. The number of halogens is 1. The highest BCUT2D eigenvalue weighted by molar-refractivity contribution is 6.30. The van der Waals surface area contributed by atoms with Crippen molar-refractivity contribution in [3.63, 3.8) is 0 Å². The second kappa shape index (κ2) is 12.1. The van der Waals surface area contributed by atoms with Crippen molar-refractivity contribution in [1.29, 1.82) is 0 Å². The molecule has 1 atom stereocenters. The zero-order chi connectivity index (χ0) is 26.3. The lowest BCUT2D eigenvalue weighted by atomic mass is 10.0. The van der Waals surface area contributed by atoms with E-state index in [2.05, 4.69) is 0 Å². The number of benzene rings is 3. The van der Waals surface area contributed by atoms with E-state index >= 15 is 0 Å². The van der Waals surface area contributed by atoms with Crippen molar-refractivity contribution in [1.82, 2.24) is 4.90 Å². The quantitative estimate of drug-likeness (QED) is 0.279. The summed E-state index contributed by atoms with van der Waals surface area (Å²) in [5.74, 6) is 0.00483. The Kier molecular flexibility index (Phi) is 9.13. The lowest BCUT2D eigenvalue weighted by Crippen LogP contribution is -2.40. The van der Waals surface area contributed by atoms with Crippen LogP contribution >= 0.6 is 11.6 Å². The molecule has 0 fully saturated rings. The van der Waals surface area contributed by atoms with Gasteiger partial charge in [0.05, 0.1) is 12.6 Å². The smallest absolute Gasteiger partial charge is 0.410 e. The first-order valence-corrected chi connectivity index (χ1v) is 12.2. The zero-order valence-electron chi connectivity index (χ0n) is 21.0. The standard InChI is InChI=1S/C29H32ClNO5/c1-20(32)35-27-18-23(21-9-6-5-7-10-21)14-13-22(27)15-16-31(28(34)36-29(2,3)4)19-26(33)24-11-8-12-25(30)17-24/h5-14,17-18,26,33H,15-16,19H2,1-4H3/t26-/m0/s1. The highest BCUT2D eigenvalue weighted by Crippen LogP contribution is 2.29. The van der Waals surface area contributed by atoms with Crippen LogP contribution in [-0.2, 0) is 16.0 Å². The van der Waals surface area contributed by atoms with Crippen LogP contribution in [-0.4, -0.2) is 40.8 Å². The minimum absolute atomic E-state index is 0.0141. The second-order valence-corrected chi connectivity index (χ2v) is 9.97. The number of aliphatic hydroxyl groups is 1. The van der Waals surface area contributed by atoms with Gasteiger partial charge in [-0.15, -0.1) is 0 Å². The fraction of sp³-hybridized carbons (Fsp3) is 0.310. The first-order chi connectivity index (χ1) is 17.0. The molecule has 0 aliphatic rings. The molecule has 36 heavy (non-hydrogen) atoms. The maximum atomic E-state index is 13.0. The van der Waals surface area contributed by atoms with E-state index in [0.717, 1.165) is 16.7 Å². The van der Waals surface area contributed by atoms with Gasteiger partial charge in [0.25, 0.3) is 0 Å². The molecular formula is C29H32ClNO5. The predicted molar refractivity (Wildman–Crippen MR) is 141 cm³/mol. The number of nitrogens with zero attached hydrogens (tertiary/aromatic N) is 1. The molecule has 0 saturated heterocycles. The zero-order valence-corrected chi connectivity index (χ0v) is 21.8. The number of carbonyl (C=O) groups excluding carboxylic acids is 2. The van der Waals surface area contributed by atoms with E-state index in [-0.39, 0.29) is 13.1 Å². The van der Waals surface area contributed by atoms with Crippen LogP contribution in [0.4, 0.5) is 4.79 Å². The van der Waals surface area contributed by atoms with E-state index in [9.17, 15) is 14.7 Å². The molecule has 0 radical (unpaired) electrons. The minimum Gasteiger partial charge on any atom is -0.444 e. The van der Waals surface area contributed by atoms with Crippen LogP contribution in [0.5, 0.6) is 5.75 Å². The van der Waals surface area contributed by atoms with Crippen molar-refractivity contribution in [3.8, 4) is 16.9 Å². The van der Waals surface area contributed by atoms with Gasteiger partial charge in [0.15, 0.2) is 0 Å². The van der Waals surface area contributed by atoms with Crippen molar-refractivity contribution >= 4 is 23.7 Å². The normalized spacial score (nSPS) is 12.1. The summed E-state index contributed by atoms with van der Waals surface area (Å²) in [5, 5.41) is 11.3. The van der Waals surface area contributed by atoms with Crippen LogP contribution in [0.25, 0.3) is 11.1 Å². The molecule has 3 aromatic rings. The molecule has 0 bridgehead atoms. The Balaban J connectivity index is 1.84. The molecular weight excluding hydrogens is 478 g/mol. The number of amides is 1. The van der Waals surface area contributed by atoms with Crippen molar-refractivity contribution < 1.29 is 24.2 Å². The van der Waals surface area contributed by atoms with Crippen molar-refractivity contribution in [2.45, 2.75) is 45.8 Å². The lowest BCUT2D eigenvalue weighted by molar-refractivity contribution is -0.131. The van der Waals surface area contributed by atoms with Crippen molar-refractivity contribution in [2.75, 3.05) is 13.1 Å². The Bertz CT molecular complexity index is 1190. The molecule has 6 nitrogen and oxygen atoms in total. The van der Waals surface area contributed by atoms with Gasteiger partial charge in [-0.25, -0.2) is 4.79 Å². The molecule has 0 aliphatic carbocycles. The largest absolute Gasteiger partial charge is 0.444 e. The summed E-state index contributed by atoms with van der Waals surface area (Å²) >= 11 is 6.07. The van der Waals surface area contributed by atoms with Gasteiger partial charge in [-0.05, 0) is 67.6 Å². The minimum atomic E-state index is -0.954. The molecule has 0 aliphatic heterocycles. The van der Waals surface area contributed by atoms with E-state index in [1.165, 1.54) is 11.8 Å². The predicted octanol–water partition coefficient (Wildman–Crippen LogP) is 6.45. The average Bonchev–Trinajstić information content (AvgIpc) is 2.81. The van der Waals surface area contributed by atoms with Gasteiger partial charge in [0.2, 0.25) is 0 Å². The Morgan fingerprint density at radius 1 is 0.972 bits per heavy atom. The third-order valence-electron chi connectivity index (χ3n) is 5.36. The number of carbonyl (C=O) groups is 2. The van der Waals surface area contributed by atoms with Crippen molar-refractivity contribution in [3.05, 3.63) is 88.9 Å². The number of aliphatic hydroxyl groups excluding tert-OH is 1. The van der Waals surface area contributed by atoms with Crippen LogP contribution in [0.1, 0.15) is 44.9 Å². The molecule has 7 heteroatoms. The fourth-order valence-electron chi connectivity index (χ4n) is 3.69. The topological polar surface area (TPSA) is 76.1 Å². The number of hydrogen-bond donors (Lipinski definition) is 1. The Hall–Kier alpha value is -3.35. The maximum Gasteiger partial charge on any atom is 0.410 e. The van der Waals surface area contributed by atoms with Crippen molar-refractivity contribution in [2.24, 2.45) is 0 Å². The summed E-state index contributed by atoms with van der Waals surface area (Å²) < 4.78 is 11.1. The van der Waals surface area contributed by atoms with Gasteiger partial charge in [-0.1, -0.05) is 66.2 Å². The Morgan fingerprint density at radius 3 is 2.33 bits per heavy atom. The van der Waals surface area contributed by atoms with E-state index in [4.69, 9.17) is 21.1 Å².